The third kappa shape index (κ3) is 5.41. The summed E-state index contributed by atoms with van der Waals surface area (Å²) in [6, 6.07) is 7.83. The molecule has 0 atom stereocenters. The van der Waals surface area contributed by atoms with E-state index in [0.29, 0.717) is 12.5 Å². The Morgan fingerprint density at radius 2 is 1.71 bits per heavy atom. The predicted octanol–water partition coefficient (Wildman–Crippen LogP) is 1.91. The Hall–Kier alpha value is -1.22. The van der Waals surface area contributed by atoms with Crippen molar-refractivity contribution in [1.29, 1.82) is 0 Å². The SMILES string of the molecule is CC(C)(CN=C(N)N1CCN(c2ccc(Cl)cc2)CC1)C(N)=O.I. The van der Waals surface area contributed by atoms with Crippen molar-refractivity contribution in [3.05, 3.63) is 29.3 Å². The Kier molecular flexibility index (Phi) is 7.59. The number of halogens is 2. The number of carbonyl (C=O) groups is 1. The Labute approximate surface area is 165 Å². The van der Waals surface area contributed by atoms with Crippen LogP contribution < -0.4 is 16.4 Å². The first-order valence-electron chi connectivity index (χ1n) is 7.65. The van der Waals surface area contributed by atoms with E-state index in [1.807, 2.05) is 29.2 Å². The first-order valence-corrected chi connectivity index (χ1v) is 8.03. The van der Waals surface area contributed by atoms with E-state index in [1.54, 1.807) is 13.8 Å². The van der Waals surface area contributed by atoms with Crippen LogP contribution in [0.15, 0.2) is 29.3 Å². The van der Waals surface area contributed by atoms with Gasteiger partial charge in [0, 0.05) is 36.9 Å². The van der Waals surface area contributed by atoms with E-state index in [9.17, 15) is 4.79 Å². The quantitative estimate of drug-likeness (QED) is 0.404. The first kappa shape index (κ1) is 20.8. The average Bonchev–Trinajstić information content (AvgIpc) is 2.53. The van der Waals surface area contributed by atoms with Crippen LogP contribution in [0, 0.1) is 5.41 Å². The highest BCUT2D eigenvalue weighted by Gasteiger charge is 2.25. The van der Waals surface area contributed by atoms with Gasteiger partial charge in [-0.3, -0.25) is 9.79 Å². The Morgan fingerprint density at radius 1 is 1.17 bits per heavy atom. The van der Waals surface area contributed by atoms with Crippen LogP contribution in [-0.2, 0) is 4.79 Å². The number of benzene rings is 1. The van der Waals surface area contributed by atoms with Crippen molar-refractivity contribution in [2.75, 3.05) is 37.6 Å². The van der Waals surface area contributed by atoms with Gasteiger partial charge in [-0.2, -0.15) is 0 Å². The largest absolute Gasteiger partial charge is 0.370 e. The van der Waals surface area contributed by atoms with Crippen LogP contribution in [0.1, 0.15) is 13.8 Å². The third-order valence-corrected chi connectivity index (χ3v) is 4.35. The highest BCUT2D eigenvalue weighted by atomic mass is 127. The number of primary amides is 1. The van der Waals surface area contributed by atoms with Crippen molar-refractivity contribution in [2.24, 2.45) is 21.9 Å². The molecule has 1 aromatic rings. The number of aliphatic imine (C=N–C) groups is 1. The summed E-state index contributed by atoms with van der Waals surface area (Å²) in [7, 11) is 0. The fourth-order valence-electron chi connectivity index (χ4n) is 2.30. The first-order chi connectivity index (χ1) is 10.8. The number of hydrogen-bond donors (Lipinski definition) is 2. The van der Waals surface area contributed by atoms with E-state index in [4.69, 9.17) is 23.1 Å². The van der Waals surface area contributed by atoms with Gasteiger partial charge >= 0.3 is 0 Å². The summed E-state index contributed by atoms with van der Waals surface area (Å²) < 4.78 is 0. The molecule has 2 rings (SSSR count). The van der Waals surface area contributed by atoms with E-state index in [0.717, 1.165) is 36.9 Å². The topological polar surface area (TPSA) is 87.9 Å². The van der Waals surface area contributed by atoms with Gasteiger partial charge in [-0.25, -0.2) is 0 Å². The summed E-state index contributed by atoms with van der Waals surface area (Å²) in [5.74, 6) is 0.0942. The van der Waals surface area contributed by atoms with Crippen molar-refractivity contribution in [2.45, 2.75) is 13.8 Å². The fourth-order valence-corrected chi connectivity index (χ4v) is 2.43. The molecule has 134 valence electrons. The van der Waals surface area contributed by atoms with Crippen LogP contribution in [0.3, 0.4) is 0 Å². The van der Waals surface area contributed by atoms with Crippen molar-refractivity contribution >= 4 is 53.1 Å². The van der Waals surface area contributed by atoms with Gasteiger partial charge < -0.3 is 21.3 Å². The monoisotopic (exact) mass is 465 g/mol. The van der Waals surface area contributed by atoms with E-state index in [1.165, 1.54) is 0 Å². The molecular weight excluding hydrogens is 441 g/mol. The molecule has 24 heavy (non-hydrogen) atoms. The van der Waals surface area contributed by atoms with Crippen LogP contribution in [-0.4, -0.2) is 49.5 Å². The lowest BCUT2D eigenvalue weighted by Gasteiger charge is -2.36. The molecule has 8 heteroatoms. The summed E-state index contributed by atoms with van der Waals surface area (Å²) >= 11 is 5.92. The predicted molar refractivity (Wildman–Crippen MR) is 110 cm³/mol. The molecule has 1 aliphatic heterocycles. The molecule has 1 saturated heterocycles. The van der Waals surface area contributed by atoms with Crippen LogP contribution in [0.2, 0.25) is 5.02 Å². The Bertz CT molecular complexity index is 583. The molecule has 0 bridgehead atoms. The van der Waals surface area contributed by atoms with Gasteiger partial charge in [-0.05, 0) is 38.1 Å². The number of amides is 1. The summed E-state index contributed by atoms with van der Waals surface area (Å²) in [5.41, 5.74) is 11.9. The lowest BCUT2D eigenvalue weighted by Crippen LogP contribution is -2.51. The zero-order chi connectivity index (χ0) is 17.0. The molecule has 0 saturated carbocycles. The molecule has 1 fully saturated rings. The molecule has 0 radical (unpaired) electrons. The number of nitrogens with zero attached hydrogens (tertiary/aromatic N) is 3. The summed E-state index contributed by atoms with van der Waals surface area (Å²) in [6.45, 7) is 7.12. The molecule has 6 nitrogen and oxygen atoms in total. The number of carbonyl (C=O) groups excluding carboxylic acids is 1. The van der Waals surface area contributed by atoms with Crippen LogP contribution >= 0.6 is 35.6 Å². The van der Waals surface area contributed by atoms with E-state index in [2.05, 4.69) is 9.89 Å². The highest BCUT2D eigenvalue weighted by Crippen LogP contribution is 2.19. The molecule has 1 heterocycles. The molecule has 4 N–H and O–H groups in total. The normalized spacial score (nSPS) is 15.9. The zero-order valence-corrected chi connectivity index (χ0v) is 17.1. The molecule has 0 spiro atoms. The van der Waals surface area contributed by atoms with Gasteiger partial charge in [0.05, 0.1) is 12.0 Å². The zero-order valence-electron chi connectivity index (χ0n) is 14.0. The maximum Gasteiger partial charge on any atom is 0.224 e. The van der Waals surface area contributed by atoms with Crippen molar-refractivity contribution in [3.63, 3.8) is 0 Å². The van der Waals surface area contributed by atoms with Crippen molar-refractivity contribution < 1.29 is 4.79 Å². The number of piperazine rings is 1. The maximum atomic E-state index is 11.3. The molecule has 0 aromatic heterocycles. The highest BCUT2D eigenvalue weighted by molar-refractivity contribution is 14.0. The van der Waals surface area contributed by atoms with Gasteiger partial charge in [0.2, 0.25) is 5.91 Å². The molecule has 1 amide bonds. The number of anilines is 1. The summed E-state index contributed by atoms with van der Waals surface area (Å²) in [4.78, 5) is 20.0. The van der Waals surface area contributed by atoms with Crippen LogP contribution in [0.5, 0.6) is 0 Å². The number of rotatable bonds is 4. The second-order valence-electron chi connectivity index (χ2n) is 6.37. The number of hydrogen-bond acceptors (Lipinski definition) is 3. The van der Waals surface area contributed by atoms with Crippen LogP contribution in [0.25, 0.3) is 0 Å². The minimum atomic E-state index is -0.685. The number of nitrogens with two attached hydrogens (primary N) is 2. The van der Waals surface area contributed by atoms with E-state index >= 15 is 0 Å². The molecule has 0 unspecified atom stereocenters. The Balaban J connectivity index is 0.00000288. The minimum absolute atomic E-state index is 0. The smallest absolute Gasteiger partial charge is 0.224 e. The molecule has 0 aliphatic carbocycles. The fraction of sp³-hybridized carbons (Fsp3) is 0.500. The van der Waals surface area contributed by atoms with Crippen LogP contribution in [0.4, 0.5) is 5.69 Å². The van der Waals surface area contributed by atoms with E-state index < -0.39 is 5.41 Å². The van der Waals surface area contributed by atoms with Gasteiger partial charge in [-0.1, -0.05) is 11.6 Å². The Morgan fingerprint density at radius 3 is 2.21 bits per heavy atom. The van der Waals surface area contributed by atoms with Gasteiger partial charge in [0.1, 0.15) is 0 Å². The summed E-state index contributed by atoms with van der Waals surface area (Å²) in [5, 5.41) is 0.737. The van der Waals surface area contributed by atoms with Gasteiger partial charge in [-0.15, -0.1) is 24.0 Å². The minimum Gasteiger partial charge on any atom is -0.370 e. The lowest BCUT2D eigenvalue weighted by molar-refractivity contribution is -0.125. The summed E-state index contributed by atoms with van der Waals surface area (Å²) in [6.07, 6.45) is 0. The third-order valence-electron chi connectivity index (χ3n) is 4.10. The second-order valence-corrected chi connectivity index (χ2v) is 6.81. The van der Waals surface area contributed by atoms with Crippen molar-refractivity contribution in [1.82, 2.24) is 4.90 Å². The van der Waals surface area contributed by atoms with E-state index in [-0.39, 0.29) is 29.9 Å². The standard InChI is InChI=1S/C16H24ClN5O.HI/c1-16(2,14(18)23)11-20-15(19)22-9-7-21(8-10-22)13-5-3-12(17)4-6-13;/h3-6H,7-11H2,1-2H3,(H2,18,23)(H2,19,20);1H. The molecular formula is C16H25ClIN5O. The average molecular weight is 466 g/mol. The second kappa shape index (κ2) is 8.75. The van der Waals surface area contributed by atoms with Gasteiger partial charge in [0.15, 0.2) is 5.96 Å². The molecule has 1 aliphatic rings. The maximum absolute atomic E-state index is 11.3. The lowest BCUT2D eigenvalue weighted by atomic mass is 9.93. The number of guanidine groups is 1. The van der Waals surface area contributed by atoms with Gasteiger partial charge in [0.25, 0.3) is 0 Å². The van der Waals surface area contributed by atoms with Crippen molar-refractivity contribution in [3.8, 4) is 0 Å². The molecule has 1 aromatic carbocycles.